The zero-order valence-electron chi connectivity index (χ0n) is 13.8. The van der Waals surface area contributed by atoms with Crippen molar-refractivity contribution in [3.8, 4) is 5.75 Å². The monoisotopic (exact) mass is 350 g/mol. The van der Waals surface area contributed by atoms with Crippen LogP contribution in [-0.2, 0) is 0 Å². The molecular formula is C21H18O5. The Morgan fingerprint density at radius 2 is 1.23 bits per heavy atom. The number of hydrogen-bond acceptors (Lipinski definition) is 4. The maximum atomic E-state index is 11.9. The summed E-state index contributed by atoms with van der Waals surface area (Å²) < 4.78 is 0. The van der Waals surface area contributed by atoms with Crippen LogP contribution in [0.15, 0.2) is 84.9 Å². The van der Waals surface area contributed by atoms with Crippen molar-refractivity contribution < 1.29 is 24.9 Å². The van der Waals surface area contributed by atoms with Gasteiger partial charge in [-0.05, 0) is 17.7 Å². The summed E-state index contributed by atoms with van der Waals surface area (Å²) in [5.74, 6) is -1.58. The first-order valence-electron chi connectivity index (χ1n) is 7.84. The third-order valence-corrected chi connectivity index (χ3v) is 3.56. The predicted molar refractivity (Wildman–Crippen MR) is 97.2 cm³/mol. The van der Waals surface area contributed by atoms with Gasteiger partial charge in [0.2, 0.25) is 0 Å². The van der Waals surface area contributed by atoms with Crippen LogP contribution in [0.2, 0.25) is 0 Å². The fraction of sp³-hybridized carbons (Fsp3) is 0.0476. The lowest BCUT2D eigenvalue weighted by molar-refractivity contribution is 0.0693. The summed E-state index contributed by atoms with van der Waals surface area (Å²) >= 11 is 0. The lowest BCUT2D eigenvalue weighted by Crippen LogP contribution is -2.11. The molecule has 0 bridgehead atoms. The highest BCUT2D eigenvalue weighted by Gasteiger charge is 2.18. The van der Waals surface area contributed by atoms with Gasteiger partial charge < -0.3 is 15.3 Å². The standard InChI is InChI=1S/C14H12O2.C7H6O3/c15-13(11-7-3-1-4-8-11)14(16)12-9-5-2-6-10-12;8-6-4-2-1-3-5(6)7(9)10/h1-10,13,15H;1-4,8H,(H,9,10). The zero-order chi connectivity index (χ0) is 18.9. The van der Waals surface area contributed by atoms with Crippen LogP contribution >= 0.6 is 0 Å². The molecule has 3 aromatic rings. The molecule has 5 heteroatoms. The lowest BCUT2D eigenvalue weighted by atomic mass is 10.0. The Balaban J connectivity index is 0.000000209. The van der Waals surface area contributed by atoms with Crippen LogP contribution in [-0.4, -0.2) is 27.1 Å². The van der Waals surface area contributed by atoms with Gasteiger partial charge in [0.05, 0.1) is 0 Å². The molecule has 1 atom stereocenters. The van der Waals surface area contributed by atoms with Gasteiger partial charge in [0.25, 0.3) is 0 Å². The summed E-state index contributed by atoms with van der Waals surface area (Å²) in [5, 5.41) is 27.2. The maximum absolute atomic E-state index is 11.9. The number of aromatic carboxylic acids is 1. The van der Waals surface area contributed by atoms with Crippen LogP contribution in [0, 0.1) is 0 Å². The number of carbonyl (C=O) groups is 2. The minimum absolute atomic E-state index is 0.0671. The van der Waals surface area contributed by atoms with E-state index in [2.05, 4.69) is 0 Å². The first-order valence-corrected chi connectivity index (χ1v) is 7.84. The number of rotatable bonds is 4. The van der Waals surface area contributed by atoms with E-state index in [0.29, 0.717) is 11.1 Å². The van der Waals surface area contributed by atoms with Gasteiger partial charge in [-0.3, -0.25) is 4.79 Å². The Kier molecular flexibility index (Phi) is 6.65. The second kappa shape index (κ2) is 9.15. The van der Waals surface area contributed by atoms with Crippen molar-refractivity contribution in [2.45, 2.75) is 6.10 Å². The molecule has 0 fully saturated rings. The summed E-state index contributed by atoms with van der Waals surface area (Å²) in [6, 6.07) is 23.6. The van der Waals surface area contributed by atoms with E-state index in [4.69, 9.17) is 10.2 Å². The summed E-state index contributed by atoms with van der Waals surface area (Å²) in [5.41, 5.74) is 1.08. The van der Waals surface area contributed by atoms with E-state index in [1.807, 2.05) is 12.1 Å². The van der Waals surface area contributed by atoms with Gasteiger partial charge >= 0.3 is 5.97 Å². The molecule has 0 saturated heterocycles. The van der Waals surface area contributed by atoms with E-state index in [1.165, 1.54) is 12.1 Å². The number of carboxylic acid groups (broad SMARTS) is 1. The third-order valence-electron chi connectivity index (χ3n) is 3.56. The van der Waals surface area contributed by atoms with Crippen LogP contribution in [0.1, 0.15) is 32.4 Å². The molecule has 0 aromatic heterocycles. The van der Waals surface area contributed by atoms with Crippen molar-refractivity contribution in [1.29, 1.82) is 0 Å². The number of Topliss-reactive ketones (excluding diaryl/α,β-unsaturated/α-hetero) is 1. The quantitative estimate of drug-likeness (QED) is 0.624. The minimum atomic E-state index is -1.11. The second-order valence-electron chi connectivity index (χ2n) is 5.37. The maximum Gasteiger partial charge on any atom is 0.339 e. The Hall–Kier alpha value is -3.44. The molecule has 0 heterocycles. The first-order chi connectivity index (χ1) is 12.5. The van der Waals surface area contributed by atoms with Gasteiger partial charge in [-0.2, -0.15) is 0 Å². The van der Waals surface area contributed by atoms with Crippen LogP contribution in [0.3, 0.4) is 0 Å². The first kappa shape index (κ1) is 18.9. The van der Waals surface area contributed by atoms with Gasteiger partial charge in [0.15, 0.2) is 5.78 Å². The Bertz CT molecular complexity index is 860. The van der Waals surface area contributed by atoms with Gasteiger partial charge in [0, 0.05) is 5.56 Å². The Labute approximate surface area is 150 Å². The van der Waals surface area contributed by atoms with Crippen LogP contribution in [0.25, 0.3) is 0 Å². The molecule has 0 radical (unpaired) electrons. The SMILES string of the molecule is O=C(O)c1ccccc1O.O=C(c1ccccc1)C(O)c1ccccc1. The minimum Gasteiger partial charge on any atom is -0.507 e. The topological polar surface area (TPSA) is 94.8 Å². The van der Waals surface area contributed by atoms with Gasteiger partial charge in [-0.1, -0.05) is 72.8 Å². The fourth-order valence-corrected chi connectivity index (χ4v) is 2.20. The smallest absolute Gasteiger partial charge is 0.339 e. The molecule has 0 aliphatic heterocycles. The van der Waals surface area contributed by atoms with E-state index < -0.39 is 12.1 Å². The Morgan fingerprint density at radius 3 is 1.73 bits per heavy atom. The van der Waals surface area contributed by atoms with Crippen LogP contribution in [0.4, 0.5) is 0 Å². The van der Waals surface area contributed by atoms with E-state index in [1.54, 1.807) is 60.7 Å². The van der Waals surface area contributed by atoms with Crippen LogP contribution < -0.4 is 0 Å². The van der Waals surface area contributed by atoms with Gasteiger partial charge in [-0.15, -0.1) is 0 Å². The third kappa shape index (κ3) is 5.03. The van der Waals surface area contributed by atoms with Crippen molar-refractivity contribution in [2.24, 2.45) is 0 Å². The normalized spacial score (nSPS) is 11.0. The number of carbonyl (C=O) groups excluding carboxylic acids is 1. The highest BCUT2D eigenvalue weighted by atomic mass is 16.4. The average Bonchev–Trinajstić information content (AvgIpc) is 2.69. The number of aliphatic hydroxyl groups is 1. The molecule has 0 spiro atoms. The lowest BCUT2D eigenvalue weighted by Gasteiger charge is -2.09. The molecule has 26 heavy (non-hydrogen) atoms. The number of carboxylic acids is 1. The molecular weight excluding hydrogens is 332 g/mol. The van der Waals surface area contributed by atoms with Crippen molar-refractivity contribution in [3.05, 3.63) is 102 Å². The van der Waals surface area contributed by atoms with Crippen molar-refractivity contribution in [2.75, 3.05) is 0 Å². The largest absolute Gasteiger partial charge is 0.507 e. The summed E-state index contributed by atoms with van der Waals surface area (Å²) in [6.07, 6.45) is -1.08. The molecule has 3 N–H and O–H groups in total. The van der Waals surface area contributed by atoms with Crippen molar-refractivity contribution >= 4 is 11.8 Å². The zero-order valence-corrected chi connectivity index (χ0v) is 13.8. The number of aliphatic hydroxyl groups excluding tert-OH is 1. The molecule has 0 amide bonds. The molecule has 0 aliphatic carbocycles. The number of benzene rings is 3. The van der Waals surface area contributed by atoms with Crippen molar-refractivity contribution in [1.82, 2.24) is 0 Å². The highest BCUT2D eigenvalue weighted by molar-refractivity contribution is 5.99. The van der Waals surface area contributed by atoms with E-state index in [-0.39, 0.29) is 17.1 Å². The van der Waals surface area contributed by atoms with Crippen molar-refractivity contribution in [3.63, 3.8) is 0 Å². The number of para-hydroxylation sites is 1. The Morgan fingerprint density at radius 1 is 0.731 bits per heavy atom. The van der Waals surface area contributed by atoms with Crippen LogP contribution in [0.5, 0.6) is 5.75 Å². The molecule has 1 unspecified atom stereocenters. The second-order valence-corrected chi connectivity index (χ2v) is 5.37. The molecule has 0 saturated carbocycles. The summed E-state index contributed by atoms with van der Waals surface area (Å²) in [7, 11) is 0. The molecule has 132 valence electrons. The average molecular weight is 350 g/mol. The van der Waals surface area contributed by atoms with E-state index in [0.717, 1.165) is 0 Å². The molecule has 0 aliphatic rings. The molecule has 3 rings (SSSR count). The summed E-state index contributed by atoms with van der Waals surface area (Å²) in [4.78, 5) is 22.2. The molecule has 3 aromatic carbocycles. The fourth-order valence-electron chi connectivity index (χ4n) is 2.20. The van der Waals surface area contributed by atoms with Gasteiger partial charge in [0.1, 0.15) is 17.4 Å². The molecule has 5 nitrogen and oxygen atoms in total. The number of hydrogen-bond donors (Lipinski definition) is 3. The van der Waals surface area contributed by atoms with Gasteiger partial charge in [-0.25, -0.2) is 4.79 Å². The van der Waals surface area contributed by atoms with E-state index >= 15 is 0 Å². The number of ketones is 1. The predicted octanol–water partition coefficient (Wildman–Crippen LogP) is 3.69. The highest BCUT2D eigenvalue weighted by Crippen LogP contribution is 2.17. The summed E-state index contributed by atoms with van der Waals surface area (Å²) in [6.45, 7) is 0. The number of aromatic hydroxyl groups is 1. The van der Waals surface area contributed by atoms with E-state index in [9.17, 15) is 14.7 Å². The number of phenols is 1.